The number of nitrogens with zero attached hydrogens (tertiary/aromatic N) is 2. The van der Waals surface area contributed by atoms with E-state index in [0.717, 1.165) is 0 Å². The van der Waals surface area contributed by atoms with Crippen molar-refractivity contribution in [2.45, 2.75) is 13.1 Å². The van der Waals surface area contributed by atoms with Crippen LogP contribution in [0.5, 0.6) is 11.5 Å². The van der Waals surface area contributed by atoms with Crippen molar-refractivity contribution < 1.29 is 23.5 Å². The van der Waals surface area contributed by atoms with Crippen LogP contribution in [-0.2, 0) is 17.9 Å². The Morgan fingerprint density at radius 1 is 1.12 bits per heavy atom. The van der Waals surface area contributed by atoms with Crippen LogP contribution in [0.2, 0.25) is 5.02 Å². The van der Waals surface area contributed by atoms with Gasteiger partial charge in [-0.15, -0.1) is 0 Å². The first-order valence-electron chi connectivity index (χ1n) is 10.2. The first kappa shape index (κ1) is 24.6. The van der Waals surface area contributed by atoms with Crippen molar-refractivity contribution in [3.8, 4) is 17.6 Å². The normalized spacial score (nSPS) is 10.2. The van der Waals surface area contributed by atoms with Crippen LogP contribution in [0, 0.1) is 11.3 Å². The standard InChI is InChI=1S/C25H21ClFN3O4/c1-33-22-11-20(10-21(26)12-22)25(32)29-14-19-8-7-18(13-28)9-23(19)34-16-24(31)30(27)15-17-5-3-2-4-6-17/h2-12H,14-16H2,1H3,(H,29,32). The highest BCUT2D eigenvalue weighted by molar-refractivity contribution is 6.31. The van der Waals surface area contributed by atoms with Crippen LogP contribution in [0.25, 0.3) is 0 Å². The summed E-state index contributed by atoms with van der Waals surface area (Å²) in [5.41, 5.74) is 1.72. The van der Waals surface area contributed by atoms with Crippen LogP contribution in [0.3, 0.4) is 0 Å². The average molecular weight is 482 g/mol. The van der Waals surface area contributed by atoms with Crippen LogP contribution in [0.15, 0.2) is 66.7 Å². The van der Waals surface area contributed by atoms with Crippen molar-refractivity contribution in [1.29, 1.82) is 5.26 Å². The minimum absolute atomic E-state index is 0.0340. The molecule has 0 saturated heterocycles. The molecule has 0 aliphatic heterocycles. The van der Waals surface area contributed by atoms with Gasteiger partial charge in [-0.2, -0.15) is 10.4 Å². The molecule has 0 aliphatic rings. The molecule has 1 N–H and O–H groups in total. The Balaban J connectivity index is 1.66. The second-order valence-electron chi connectivity index (χ2n) is 7.18. The summed E-state index contributed by atoms with van der Waals surface area (Å²) in [7, 11) is 1.47. The first-order chi connectivity index (χ1) is 16.4. The lowest BCUT2D eigenvalue weighted by Crippen LogP contribution is -2.28. The Hall–Kier alpha value is -4.09. The fourth-order valence-corrected chi connectivity index (χ4v) is 3.26. The lowest BCUT2D eigenvalue weighted by atomic mass is 10.1. The topological polar surface area (TPSA) is 91.7 Å². The largest absolute Gasteiger partial charge is 0.497 e. The number of nitriles is 1. The molecule has 0 fully saturated rings. The molecule has 2 amide bonds. The van der Waals surface area contributed by atoms with Gasteiger partial charge in [0.05, 0.1) is 25.3 Å². The maximum Gasteiger partial charge on any atom is 0.288 e. The Labute approximate surface area is 201 Å². The van der Waals surface area contributed by atoms with Crippen LogP contribution < -0.4 is 14.8 Å². The summed E-state index contributed by atoms with van der Waals surface area (Å²) in [6.45, 7) is -0.760. The van der Waals surface area contributed by atoms with Gasteiger partial charge < -0.3 is 14.8 Å². The zero-order chi connectivity index (χ0) is 24.5. The summed E-state index contributed by atoms with van der Waals surface area (Å²) >= 11 is 6.02. The zero-order valence-corrected chi connectivity index (χ0v) is 19.0. The summed E-state index contributed by atoms with van der Waals surface area (Å²) in [4.78, 5) is 24.8. The number of halogens is 2. The highest BCUT2D eigenvalue weighted by Gasteiger charge is 2.16. The molecule has 7 nitrogen and oxygen atoms in total. The van der Waals surface area contributed by atoms with Gasteiger partial charge in [0.25, 0.3) is 11.8 Å². The van der Waals surface area contributed by atoms with Gasteiger partial charge in [-0.3, -0.25) is 9.59 Å². The number of nitrogens with one attached hydrogen (secondary N) is 1. The maximum atomic E-state index is 14.2. The molecule has 0 aromatic heterocycles. The monoisotopic (exact) mass is 481 g/mol. The molecule has 0 atom stereocenters. The number of rotatable bonds is 9. The second-order valence-corrected chi connectivity index (χ2v) is 7.62. The molecule has 3 aromatic carbocycles. The van der Waals surface area contributed by atoms with Gasteiger partial charge in [-0.25, -0.2) is 0 Å². The van der Waals surface area contributed by atoms with E-state index in [0.29, 0.717) is 33.0 Å². The molecule has 174 valence electrons. The fraction of sp³-hybridized carbons (Fsp3) is 0.160. The molecular weight excluding hydrogens is 461 g/mol. The van der Waals surface area contributed by atoms with Gasteiger partial charge >= 0.3 is 0 Å². The molecule has 34 heavy (non-hydrogen) atoms. The smallest absolute Gasteiger partial charge is 0.288 e. The molecule has 3 rings (SSSR count). The van der Waals surface area contributed by atoms with Crippen LogP contribution in [-0.4, -0.2) is 30.7 Å². The predicted octanol–water partition coefficient (Wildman–Crippen LogP) is 4.44. The van der Waals surface area contributed by atoms with Crippen molar-refractivity contribution >= 4 is 23.4 Å². The molecule has 0 saturated carbocycles. The Morgan fingerprint density at radius 2 is 1.88 bits per heavy atom. The third kappa shape index (κ3) is 6.70. The van der Waals surface area contributed by atoms with Crippen molar-refractivity contribution in [3.05, 3.63) is 94.0 Å². The van der Waals surface area contributed by atoms with Gasteiger partial charge in [0, 0.05) is 22.7 Å². The van der Waals surface area contributed by atoms with E-state index < -0.39 is 18.4 Å². The van der Waals surface area contributed by atoms with Crippen LogP contribution in [0.4, 0.5) is 4.48 Å². The van der Waals surface area contributed by atoms with Crippen molar-refractivity contribution in [2.75, 3.05) is 13.7 Å². The van der Waals surface area contributed by atoms with Gasteiger partial charge in [0.15, 0.2) is 6.61 Å². The Kier molecular flexibility index (Phi) is 8.43. The molecular formula is C25H21ClFN3O4. The zero-order valence-electron chi connectivity index (χ0n) is 18.3. The number of benzene rings is 3. The van der Waals surface area contributed by atoms with Crippen molar-refractivity contribution in [2.24, 2.45) is 0 Å². The number of hydrogen-bond acceptors (Lipinski definition) is 5. The summed E-state index contributed by atoms with van der Waals surface area (Å²) in [5.74, 6) is -0.675. The number of ether oxygens (including phenoxy) is 2. The van der Waals surface area contributed by atoms with E-state index in [9.17, 15) is 19.3 Å². The number of carbonyl (C=O) groups excluding carboxylic acids is 2. The molecule has 0 spiro atoms. The maximum absolute atomic E-state index is 14.2. The Morgan fingerprint density at radius 3 is 2.59 bits per heavy atom. The fourth-order valence-electron chi connectivity index (χ4n) is 3.04. The SMILES string of the molecule is COc1cc(Cl)cc(C(=O)NCc2ccc(C#N)cc2OCC(=O)N(F)Cc2ccccc2)c1. The van der Waals surface area contributed by atoms with Gasteiger partial charge in [0.2, 0.25) is 0 Å². The molecule has 0 heterocycles. The van der Waals surface area contributed by atoms with E-state index in [2.05, 4.69) is 5.32 Å². The van der Waals surface area contributed by atoms with Crippen LogP contribution >= 0.6 is 11.6 Å². The highest BCUT2D eigenvalue weighted by atomic mass is 35.5. The molecule has 0 bridgehead atoms. The first-order valence-corrected chi connectivity index (χ1v) is 10.6. The number of carbonyl (C=O) groups is 2. The lowest BCUT2D eigenvalue weighted by molar-refractivity contribution is -0.150. The summed E-state index contributed by atoms with van der Waals surface area (Å²) in [5, 5.41) is 12.3. The summed E-state index contributed by atoms with van der Waals surface area (Å²) < 4.78 is 24.9. The van der Waals surface area contributed by atoms with Gasteiger partial charge in [0.1, 0.15) is 11.5 Å². The second kappa shape index (κ2) is 11.7. The van der Waals surface area contributed by atoms with Gasteiger partial charge in [-0.05, 0) is 35.9 Å². The molecule has 0 unspecified atom stereocenters. The minimum atomic E-state index is -0.882. The molecule has 0 aliphatic carbocycles. The number of hydrogen-bond donors (Lipinski definition) is 1. The third-order valence-corrected chi connectivity index (χ3v) is 5.01. The van der Waals surface area contributed by atoms with E-state index in [-0.39, 0.29) is 24.0 Å². The van der Waals surface area contributed by atoms with E-state index in [1.54, 1.807) is 54.6 Å². The molecule has 3 aromatic rings. The average Bonchev–Trinajstić information content (AvgIpc) is 2.86. The van der Waals surface area contributed by atoms with E-state index in [4.69, 9.17) is 21.1 Å². The quantitative estimate of drug-likeness (QED) is 0.456. The van der Waals surface area contributed by atoms with Gasteiger partial charge in [-0.1, -0.05) is 52.5 Å². The molecule has 9 heteroatoms. The summed E-state index contributed by atoms with van der Waals surface area (Å²) in [6.07, 6.45) is 0. The van der Waals surface area contributed by atoms with Crippen molar-refractivity contribution in [3.63, 3.8) is 0 Å². The third-order valence-electron chi connectivity index (χ3n) is 4.79. The summed E-state index contributed by atoms with van der Waals surface area (Å²) in [6, 6.07) is 19.9. The van der Waals surface area contributed by atoms with Crippen LogP contribution in [0.1, 0.15) is 27.0 Å². The van der Waals surface area contributed by atoms with E-state index >= 15 is 0 Å². The number of amides is 2. The molecule has 0 radical (unpaired) electrons. The highest BCUT2D eigenvalue weighted by Crippen LogP contribution is 2.23. The van der Waals surface area contributed by atoms with E-state index in [1.807, 2.05) is 6.07 Å². The Bertz CT molecular complexity index is 1210. The minimum Gasteiger partial charge on any atom is -0.497 e. The number of methoxy groups -OCH3 is 1. The lowest BCUT2D eigenvalue weighted by Gasteiger charge is -2.15. The van der Waals surface area contributed by atoms with Crippen molar-refractivity contribution in [1.82, 2.24) is 10.4 Å². The van der Waals surface area contributed by atoms with E-state index in [1.165, 1.54) is 19.2 Å². The predicted molar refractivity (Wildman–Crippen MR) is 124 cm³/mol.